The monoisotopic (exact) mass is 407 g/mol. The molecule has 1 N–H and O–H groups in total. The molecule has 0 bridgehead atoms. The molecule has 2 rings (SSSR count). The van der Waals surface area contributed by atoms with E-state index in [4.69, 9.17) is 0 Å². The van der Waals surface area contributed by atoms with E-state index >= 15 is 0 Å². The Labute approximate surface area is 127 Å². The summed E-state index contributed by atoms with van der Waals surface area (Å²) < 4.78 is 40.5. The molecule has 2 aromatic carbocycles. The second-order valence-corrected chi connectivity index (χ2v) is 7.02. The zero-order valence-corrected chi connectivity index (χ0v) is 13.4. The van der Waals surface area contributed by atoms with Gasteiger partial charge in [-0.05, 0) is 62.2 Å². The third kappa shape index (κ3) is 3.34. The summed E-state index contributed by atoms with van der Waals surface area (Å²) in [5, 5.41) is 0. The van der Waals surface area contributed by atoms with Crippen LogP contribution in [0.3, 0.4) is 0 Å². The average molecular weight is 409 g/mol. The molecule has 0 spiro atoms. The summed E-state index contributed by atoms with van der Waals surface area (Å²) in [6.45, 7) is 0. The predicted molar refractivity (Wildman–Crippen MR) is 79.1 cm³/mol. The quantitative estimate of drug-likeness (QED) is 0.828. The largest absolute Gasteiger partial charge is 0.280 e. The van der Waals surface area contributed by atoms with E-state index in [0.29, 0.717) is 4.47 Å². The predicted octanol–water partition coefficient (Wildman–Crippen LogP) is 4.15. The number of anilines is 1. The maximum Gasteiger partial charge on any atom is 0.263 e. The van der Waals surface area contributed by atoms with Crippen molar-refractivity contribution < 1.29 is 12.8 Å². The Morgan fingerprint density at radius 1 is 1.00 bits per heavy atom. The zero-order valence-electron chi connectivity index (χ0n) is 9.40. The summed E-state index contributed by atoms with van der Waals surface area (Å²) in [6, 6.07) is 10.4. The molecule has 3 nitrogen and oxygen atoms in total. The van der Waals surface area contributed by atoms with Crippen LogP contribution in [0, 0.1) is 5.82 Å². The first-order valence-corrected chi connectivity index (χ1v) is 8.19. The molecule has 0 atom stereocenters. The number of rotatable bonds is 3. The Morgan fingerprint density at radius 2 is 1.68 bits per heavy atom. The lowest BCUT2D eigenvalue weighted by atomic mass is 10.3. The van der Waals surface area contributed by atoms with Crippen LogP contribution in [0.5, 0.6) is 0 Å². The second-order valence-electron chi connectivity index (χ2n) is 3.66. The van der Waals surface area contributed by atoms with Crippen LogP contribution >= 0.6 is 31.9 Å². The van der Waals surface area contributed by atoms with E-state index < -0.39 is 15.8 Å². The van der Waals surface area contributed by atoms with Crippen LogP contribution in [0.4, 0.5) is 10.1 Å². The molecule has 0 saturated heterocycles. The van der Waals surface area contributed by atoms with Crippen LogP contribution in [-0.4, -0.2) is 8.42 Å². The first kappa shape index (κ1) is 14.5. The molecule has 0 unspecified atom stereocenters. The van der Waals surface area contributed by atoms with Crippen LogP contribution in [0.1, 0.15) is 0 Å². The van der Waals surface area contributed by atoms with Gasteiger partial charge in [-0.25, -0.2) is 12.8 Å². The van der Waals surface area contributed by atoms with Crippen molar-refractivity contribution >= 4 is 47.6 Å². The fourth-order valence-corrected chi connectivity index (χ4v) is 3.86. The van der Waals surface area contributed by atoms with Gasteiger partial charge >= 0.3 is 0 Å². The molecule has 0 radical (unpaired) electrons. The lowest BCUT2D eigenvalue weighted by Crippen LogP contribution is -2.13. The fraction of sp³-hybridized carbons (Fsp3) is 0. The van der Waals surface area contributed by atoms with Gasteiger partial charge in [0, 0.05) is 4.47 Å². The Kier molecular flexibility index (Phi) is 4.27. The van der Waals surface area contributed by atoms with Crippen molar-refractivity contribution in [1.82, 2.24) is 0 Å². The first-order chi connectivity index (χ1) is 8.90. The highest BCUT2D eigenvalue weighted by Crippen LogP contribution is 2.25. The number of nitrogens with one attached hydrogen (secondary N) is 1. The molecular weight excluding hydrogens is 401 g/mol. The Balaban J connectivity index is 2.37. The molecular formula is C12H8Br2FNO2S. The van der Waals surface area contributed by atoms with Crippen LogP contribution < -0.4 is 4.72 Å². The van der Waals surface area contributed by atoms with E-state index in [0.717, 1.165) is 0 Å². The number of hydrogen-bond donors (Lipinski definition) is 1. The SMILES string of the molecule is O=S(=O)(Nc1ccc(F)c(Br)c1)c1ccccc1Br. The summed E-state index contributed by atoms with van der Waals surface area (Å²) in [7, 11) is -3.71. The van der Waals surface area contributed by atoms with Gasteiger partial charge in [0.15, 0.2) is 0 Å². The highest BCUT2D eigenvalue weighted by molar-refractivity contribution is 9.10. The van der Waals surface area contributed by atoms with Gasteiger partial charge in [0.25, 0.3) is 10.0 Å². The van der Waals surface area contributed by atoms with Gasteiger partial charge in [-0.1, -0.05) is 12.1 Å². The van der Waals surface area contributed by atoms with E-state index in [-0.39, 0.29) is 15.1 Å². The van der Waals surface area contributed by atoms with E-state index in [1.165, 1.54) is 24.3 Å². The van der Waals surface area contributed by atoms with Crippen molar-refractivity contribution in [2.24, 2.45) is 0 Å². The lowest BCUT2D eigenvalue weighted by molar-refractivity contribution is 0.600. The van der Waals surface area contributed by atoms with E-state index in [2.05, 4.69) is 36.6 Å². The highest BCUT2D eigenvalue weighted by atomic mass is 79.9. The van der Waals surface area contributed by atoms with Crippen LogP contribution in [0.25, 0.3) is 0 Å². The van der Waals surface area contributed by atoms with Gasteiger partial charge in [0.05, 0.1) is 10.2 Å². The lowest BCUT2D eigenvalue weighted by Gasteiger charge is -2.10. The van der Waals surface area contributed by atoms with Crippen molar-refractivity contribution in [2.75, 3.05) is 4.72 Å². The topological polar surface area (TPSA) is 46.2 Å². The Bertz CT molecular complexity index is 719. The minimum atomic E-state index is -3.71. The minimum Gasteiger partial charge on any atom is -0.280 e. The maximum absolute atomic E-state index is 13.1. The van der Waals surface area contributed by atoms with Crippen molar-refractivity contribution in [2.45, 2.75) is 4.90 Å². The normalized spacial score (nSPS) is 11.3. The number of hydrogen-bond acceptors (Lipinski definition) is 2. The molecule has 0 aliphatic rings. The van der Waals surface area contributed by atoms with Gasteiger partial charge in [0.1, 0.15) is 10.7 Å². The Hall–Kier alpha value is -0.920. The summed E-state index contributed by atoms with van der Waals surface area (Å²) in [6.07, 6.45) is 0. The molecule has 0 heterocycles. The molecule has 100 valence electrons. The summed E-state index contributed by atoms with van der Waals surface area (Å²) in [4.78, 5) is 0.121. The third-order valence-corrected chi connectivity index (χ3v) is 5.30. The third-order valence-electron chi connectivity index (χ3n) is 2.30. The van der Waals surface area contributed by atoms with Crippen molar-refractivity contribution in [3.8, 4) is 0 Å². The molecule has 0 amide bonds. The van der Waals surface area contributed by atoms with Crippen LogP contribution in [0.15, 0.2) is 56.3 Å². The summed E-state index contributed by atoms with van der Waals surface area (Å²) >= 11 is 6.19. The van der Waals surface area contributed by atoms with E-state index in [9.17, 15) is 12.8 Å². The fourth-order valence-electron chi connectivity index (χ4n) is 1.43. The molecule has 0 saturated carbocycles. The minimum absolute atomic E-state index is 0.121. The molecule has 7 heteroatoms. The van der Waals surface area contributed by atoms with Crippen LogP contribution in [0.2, 0.25) is 0 Å². The molecule has 19 heavy (non-hydrogen) atoms. The smallest absolute Gasteiger partial charge is 0.263 e. The Morgan fingerprint density at radius 3 is 2.32 bits per heavy atom. The molecule has 0 fully saturated rings. The molecule has 2 aromatic rings. The number of benzene rings is 2. The van der Waals surface area contributed by atoms with Gasteiger partial charge in [0.2, 0.25) is 0 Å². The van der Waals surface area contributed by atoms with Crippen molar-refractivity contribution in [1.29, 1.82) is 0 Å². The van der Waals surface area contributed by atoms with Crippen molar-refractivity contribution in [3.05, 3.63) is 57.2 Å². The average Bonchev–Trinajstić information content (AvgIpc) is 2.34. The standard InChI is InChI=1S/C12H8Br2FNO2S/c13-9-3-1-2-4-12(9)19(17,18)16-8-5-6-11(15)10(14)7-8/h1-7,16H. The van der Waals surface area contributed by atoms with Gasteiger partial charge < -0.3 is 0 Å². The molecule has 0 aliphatic heterocycles. The molecule has 0 aromatic heterocycles. The first-order valence-electron chi connectivity index (χ1n) is 5.12. The molecule has 0 aliphatic carbocycles. The van der Waals surface area contributed by atoms with Gasteiger partial charge in [-0.2, -0.15) is 0 Å². The zero-order chi connectivity index (χ0) is 14.0. The number of halogens is 3. The number of sulfonamides is 1. The summed E-state index contributed by atoms with van der Waals surface area (Å²) in [5.74, 6) is -0.455. The van der Waals surface area contributed by atoms with E-state index in [1.54, 1.807) is 18.2 Å². The summed E-state index contributed by atoms with van der Waals surface area (Å²) in [5.41, 5.74) is 0.282. The van der Waals surface area contributed by atoms with Gasteiger partial charge in [-0.3, -0.25) is 4.72 Å². The van der Waals surface area contributed by atoms with Crippen LogP contribution in [-0.2, 0) is 10.0 Å². The van der Waals surface area contributed by atoms with Gasteiger partial charge in [-0.15, -0.1) is 0 Å². The second kappa shape index (κ2) is 5.60. The van der Waals surface area contributed by atoms with E-state index in [1.807, 2.05) is 0 Å². The van der Waals surface area contributed by atoms with Crippen molar-refractivity contribution in [3.63, 3.8) is 0 Å². The highest BCUT2D eigenvalue weighted by Gasteiger charge is 2.17. The maximum atomic E-state index is 13.1.